The van der Waals surface area contributed by atoms with E-state index in [0.29, 0.717) is 12.5 Å². The third-order valence-corrected chi connectivity index (χ3v) is 2.85. The van der Waals surface area contributed by atoms with E-state index in [1.165, 1.54) is 4.90 Å². The van der Waals surface area contributed by atoms with Gasteiger partial charge in [-0.15, -0.1) is 0 Å². The number of amides is 2. The molecule has 6 heteroatoms. The molecule has 100 valence electrons. The normalized spacial score (nSPS) is 13.5. The highest BCUT2D eigenvalue weighted by Crippen LogP contribution is 2.19. The van der Waals surface area contributed by atoms with Crippen LogP contribution in [0.15, 0.2) is 53.7 Å². The molecule has 1 aliphatic rings. The summed E-state index contributed by atoms with van der Waals surface area (Å²) in [5.74, 6) is 0.483. The van der Waals surface area contributed by atoms with Crippen LogP contribution in [-0.4, -0.2) is 34.0 Å². The molecule has 0 spiro atoms. The van der Waals surface area contributed by atoms with Crippen LogP contribution in [0.4, 0.5) is 10.6 Å². The molecule has 2 N–H and O–H groups in total. The summed E-state index contributed by atoms with van der Waals surface area (Å²) in [7, 11) is 0. The summed E-state index contributed by atoms with van der Waals surface area (Å²) in [6.07, 6.45) is 5.04. The molecular formula is C14H13N5O. The molecule has 0 fully saturated rings. The zero-order chi connectivity index (χ0) is 13.8. The highest BCUT2D eigenvalue weighted by molar-refractivity contribution is 5.90. The minimum atomic E-state index is -0.260. The number of hydrogen-bond acceptors (Lipinski definition) is 3. The lowest BCUT2D eigenvalue weighted by Gasteiger charge is -2.17. The van der Waals surface area contributed by atoms with Gasteiger partial charge in [-0.25, -0.2) is 4.79 Å². The van der Waals surface area contributed by atoms with E-state index in [-0.39, 0.29) is 6.03 Å². The average Bonchev–Trinajstić information content (AvgIpc) is 2.97. The van der Waals surface area contributed by atoms with Crippen LogP contribution in [0.1, 0.15) is 0 Å². The average molecular weight is 267 g/mol. The Hall–Kier alpha value is -2.89. The summed E-state index contributed by atoms with van der Waals surface area (Å²) >= 11 is 0. The molecule has 1 aromatic heterocycles. The largest absolute Gasteiger partial charge is 0.328 e. The molecule has 2 aromatic rings. The maximum absolute atomic E-state index is 11.9. The van der Waals surface area contributed by atoms with Crippen molar-refractivity contribution in [2.24, 2.45) is 4.99 Å². The number of aromatic nitrogens is 2. The molecule has 0 bridgehead atoms. The van der Waals surface area contributed by atoms with Crippen molar-refractivity contribution in [2.75, 3.05) is 12.0 Å². The van der Waals surface area contributed by atoms with Crippen molar-refractivity contribution < 1.29 is 4.79 Å². The van der Waals surface area contributed by atoms with E-state index >= 15 is 0 Å². The van der Waals surface area contributed by atoms with Gasteiger partial charge in [0.2, 0.25) is 0 Å². The van der Waals surface area contributed by atoms with Crippen molar-refractivity contribution >= 4 is 18.1 Å². The van der Waals surface area contributed by atoms with E-state index < -0.39 is 0 Å². The molecule has 1 aliphatic heterocycles. The SMILES string of the molecule is O=C(Nc1cc(-c2ccccc2)[nH]n1)N1C=CC=NC1. The van der Waals surface area contributed by atoms with Crippen molar-refractivity contribution in [2.45, 2.75) is 0 Å². The van der Waals surface area contributed by atoms with Gasteiger partial charge in [0.1, 0.15) is 6.67 Å². The van der Waals surface area contributed by atoms with Gasteiger partial charge in [-0.05, 0) is 11.6 Å². The fraction of sp³-hybridized carbons (Fsp3) is 0.0714. The van der Waals surface area contributed by atoms with Gasteiger partial charge in [-0.2, -0.15) is 5.10 Å². The summed E-state index contributed by atoms with van der Waals surface area (Å²) in [5, 5.41) is 9.70. The number of nitrogens with one attached hydrogen (secondary N) is 2. The summed E-state index contributed by atoms with van der Waals surface area (Å²) in [5.41, 5.74) is 1.87. The summed E-state index contributed by atoms with van der Waals surface area (Å²) in [4.78, 5) is 17.4. The second-order valence-corrected chi connectivity index (χ2v) is 4.25. The lowest BCUT2D eigenvalue weighted by molar-refractivity contribution is 0.229. The minimum Gasteiger partial charge on any atom is -0.290 e. The van der Waals surface area contributed by atoms with Crippen LogP contribution in [0, 0.1) is 0 Å². The van der Waals surface area contributed by atoms with Crippen molar-refractivity contribution in [3.8, 4) is 11.3 Å². The Labute approximate surface area is 115 Å². The van der Waals surface area contributed by atoms with Crippen LogP contribution < -0.4 is 5.32 Å². The lowest BCUT2D eigenvalue weighted by Crippen LogP contribution is -2.31. The number of urea groups is 1. The molecular weight excluding hydrogens is 254 g/mol. The first-order valence-electron chi connectivity index (χ1n) is 6.18. The lowest BCUT2D eigenvalue weighted by atomic mass is 10.2. The Morgan fingerprint density at radius 2 is 2.15 bits per heavy atom. The molecule has 0 radical (unpaired) electrons. The Morgan fingerprint density at radius 1 is 1.30 bits per heavy atom. The molecule has 20 heavy (non-hydrogen) atoms. The van der Waals surface area contributed by atoms with Gasteiger partial charge in [0.25, 0.3) is 0 Å². The predicted molar refractivity (Wildman–Crippen MR) is 77.4 cm³/mol. The van der Waals surface area contributed by atoms with Crippen molar-refractivity contribution in [1.82, 2.24) is 15.1 Å². The second kappa shape index (κ2) is 5.40. The van der Waals surface area contributed by atoms with E-state index in [0.717, 1.165) is 11.3 Å². The molecule has 1 aromatic carbocycles. The van der Waals surface area contributed by atoms with Gasteiger partial charge in [0.05, 0.1) is 5.69 Å². The number of anilines is 1. The molecule has 0 saturated carbocycles. The highest BCUT2D eigenvalue weighted by Gasteiger charge is 2.13. The quantitative estimate of drug-likeness (QED) is 0.877. The Kier molecular flexibility index (Phi) is 3.28. The number of nitrogens with zero attached hydrogens (tertiary/aromatic N) is 3. The first-order chi connectivity index (χ1) is 9.83. The second-order valence-electron chi connectivity index (χ2n) is 4.25. The van der Waals surface area contributed by atoms with Gasteiger partial charge >= 0.3 is 6.03 Å². The molecule has 2 heterocycles. The van der Waals surface area contributed by atoms with Gasteiger partial charge in [0, 0.05) is 18.5 Å². The van der Waals surface area contributed by atoms with Crippen LogP contribution >= 0.6 is 0 Å². The van der Waals surface area contributed by atoms with Crippen LogP contribution in [-0.2, 0) is 0 Å². The zero-order valence-corrected chi connectivity index (χ0v) is 10.7. The molecule has 0 unspecified atom stereocenters. The number of carbonyl (C=O) groups is 1. The number of aliphatic imine (C=N–C) groups is 1. The first-order valence-corrected chi connectivity index (χ1v) is 6.18. The fourth-order valence-corrected chi connectivity index (χ4v) is 1.85. The maximum Gasteiger partial charge on any atom is 0.328 e. The Morgan fingerprint density at radius 3 is 2.90 bits per heavy atom. The third-order valence-electron chi connectivity index (χ3n) is 2.85. The number of hydrogen-bond donors (Lipinski definition) is 2. The van der Waals surface area contributed by atoms with Crippen LogP contribution in [0.3, 0.4) is 0 Å². The van der Waals surface area contributed by atoms with E-state index in [2.05, 4.69) is 20.5 Å². The number of rotatable bonds is 2. The summed E-state index contributed by atoms with van der Waals surface area (Å²) in [6.45, 7) is 0.318. The molecule has 3 rings (SSSR count). The number of aromatic amines is 1. The molecule has 0 aliphatic carbocycles. The minimum absolute atomic E-state index is 0.260. The maximum atomic E-state index is 11.9. The van der Waals surface area contributed by atoms with Crippen LogP contribution in [0.25, 0.3) is 11.3 Å². The first kappa shape index (κ1) is 12.2. The van der Waals surface area contributed by atoms with Crippen molar-refractivity contribution in [3.63, 3.8) is 0 Å². The van der Waals surface area contributed by atoms with Crippen LogP contribution in [0.2, 0.25) is 0 Å². The molecule has 0 atom stereocenters. The van der Waals surface area contributed by atoms with E-state index in [1.807, 2.05) is 30.3 Å². The number of H-pyrrole nitrogens is 1. The molecule has 6 nitrogen and oxygen atoms in total. The summed E-state index contributed by atoms with van der Waals surface area (Å²) in [6, 6.07) is 11.3. The Balaban J connectivity index is 1.70. The summed E-state index contributed by atoms with van der Waals surface area (Å²) < 4.78 is 0. The Bertz CT molecular complexity index is 659. The smallest absolute Gasteiger partial charge is 0.290 e. The van der Waals surface area contributed by atoms with Gasteiger partial charge < -0.3 is 0 Å². The number of carbonyl (C=O) groups excluding carboxylic acids is 1. The monoisotopic (exact) mass is 267 g/mol. The number of allylic oxidation sites excluding steroid dienone is 1. The topological polar surface area (TPSA) is 73.4 Å². The number of benzene rings is 1. The standard InChI is InChI=1S/C14H13N5O/c20-14(19-8-4-7-15-10-19)16-13-9-12(17-18-13)11-5-2-1-3-6-11/h1-9H,10H2,(H2,16,17,18,20). The van der Waals surface area contributed by atoms with E-state index in [1.54, 1.807) is 24.6 Å². The third kappa shape index (κ3) is 2.59. The van der Waals surface area contributed by atoms with E-state index in [9.17, 15) is 4.79 Å². The van der Waals surface area contributed by atoms with Crippen LogP contribution in [0.5, 0.6) is 0 Å². The van der Waals surface area contributed by atoms with Crippen molar-refractivity contribution in [1.29, 1.82) is 0 Å². The molecule has 2 amide bonds. The van der Waals surface area contributed by atoms with Gasteiger partial charge in [-0.1, -0.05) is 30.3 Å². The zero-order valence-electron chi connectivity index (χ0n) is 10.7. The van der Waals surface area contributed by atoms with Crippen molar-refractivity contribution in [3.05, 3.63) is 48.7 Å². The highest BCUT2D eigenvalue weighted by atomic mass is 16.2. The predicted octanol–water partition coefficient (Wildman–Crippen LogP) is 2.47. The fourth-order valence-electron chi connectivity index (χ4n) is 1.85. The van der Waals surface area contributed by atoms with Gasteiger partial charge in [-0.3, -0.25) is 20.3 Å². The van der Waals surface area contributed by atoms with Gasteiger partial charge in [0.15, 0.2) is 5.82 Å². The van der Waals surface area contributed by atoms with E-state index in [4.69, 9.17) is 0 Å². The molecule has 0 saturated heterocycles.